The Balaban J connectivity index is 2.25. The highest BCUT2D eigenvalue weighted by molar-refractivity contribution is 5.81. The van der Waals surface area contributed by atoms with Gasteiger partial charge in [0.25, 0.3) is 0 Å². The number of pyridine rings is 1. The molecule has 0 fully saturated rings. The average molecular weight is 259 g/mol. The van der Waals surface area contributed by atoms with E-state index >= 15 is 0 Å². The molecule has 19 heavy (non-hydrogen) atoms. The molecule has 0 atom stereocenters. The molecule has 0 saturated carbocycles. The van der Waals surface area contributed by atoms with Crippen LogP contribution in [-0.4, -0.2) is 44.2 Å². The van der Waals surface area contributed by atoms with Crippen molar-refractivity contribution in [1.29, 1.82) is 0 Å². The molecule has 0 spiro atoms. The Kier molecular flexibility index (Phi) is 4.71. The summed E-state index contributed by atoms with van der Waals surface area (Å²) in [5.41, 5.74) is 2.23. The zero-order valence-corrected chi connectivity index (χ0v) is 11.8. The highest BCUT2D eigenvalue weighted by Crippen LogP contribution is 2.21. The summed E-state index contributed by atoms with van der Waals surface area (Å²) in [6.45, 7) is 2.51. The lowest BCUT2D eigenvalue weighted by atomic mass is 10.1. The molecule has 0 aliphatic heterocycles. The Morgan fingerprint density at radius 1 is 1.32 bits per heavy atom. The zero-order valence-electron chi connectivity index (χ0n) is 11.8. The van der Waals surface area contributed by atoms with Gasteiger partial charge in [-0.15, -0.1) is 0 Å². The smallest absolute Gasteiger partial charge is 0.130 e. The van der Waals surface area contributed by atoms with Crippen LogP contribution in [0.2, 0.25) is 0 Å². The number of aromatic nitrogens is 1. The summed E-state index contributed by atoms with van der Waals surface area (Å²) < 4.78 is 5.10. The van der Waals surface area contributed by atoms with E-state index in [-0.39, 0.29) is 0 Å². The number of para-hydroxylation sites is 1. The van der Waals surface area contributed by atoms with E-state index in [1.165, 1.54) is 10.9 Å². The summed E-state index contributed by atoms with van der Waals surface area (Å²) in [5.74, 6) is 0.947. The van der Waals surface area contributed by atoms with E-state index in [1.54, 1.807) is 7.11 Å². The molecule has 0 saturated heterocycles. The summed E-state index contributed by atoms with van der Waals surface area (Å²) >= 11 is 0. The Hall–Kier alpha value is -1.65. The number of nitrogens with one attached hydrogen (secondary N) is 1. The van der Waals surface area contributed by atoms with Crippen molar-refractivity contribution in [2.24, 2.45) is 0 Å². The van der Waals surface area contributed by atoms with Crippen molar-refractivity contribution in [2.75, 3.05) is 39.7 Å². The molecule has 1 N–H and O–H groups in total. The van der Waals surface area contributed by atoms with Crippen molar-refractivity contribution >= 4 is 16.7 Å². The predicted octanol–water partition coefficient (Wildman–Crippen LogP) is 2.35. The van der Waals surface area contributed by atoms with Crippen LogP contribution in [0.1, 0.15) is 5.56 Å². The van der Waals surface area contributed by atoms with Crippen molar-refractivity contribution < 1.29 is 4.74 Å². The van der Waals surface area contributed by atoms with Crippen LogP contribution in [0.4, 0.5) is 5.82 Å². The van der Waals surface area contributed by atoms with E-state index in [0.29, 0.717) is 0 Å². The summed E-state index contributed by atoms with van der Waals surface area (Å²) in [4.78, 5) is 6.89. The quantitative estimate of drug-likeness (QED) is 0.864. The number of ether oxygens (including phenoxy) is 1. The van der Waals surface area contributed by atoms with Gasteiger partial charge in [-0.05, 0) is 19.2 Å². The van der Waals surface area contributed by atoms with E-state index in [1.807, 2.05) is 25.2 Å². The standard InChI is InChI=1S/C15H21N3O/c1-16-15-13(11-18(2)8-9-19-3)10-12-6-4-5-7-14(12)17-15/h4-7,10H,8-9,11H2,1-3H3,(H,16,17). The number of nitrogens with zero attached hydrogens (tertiary/aromatic N) is 2. The molecule has 2 rings (SSSR count). The lowest BCUT2D eigenvalue weighted by Crippen LogP contribution is -2.23. The summed E-state index contributed by atoms with van der Waals surface area (Å²) in [6, 6.07) is 10.4. The third-order valence-electron chi connectivity index (χ3n) is 3.16. The molecule has 0 radical (unpaired) electrons. The van der Waals surface area contributed by atoms with E-state index in [0.717, 1.165) is 31.0 Å². The first-order chi connectivity index (χ1) is 9.24. The van der Waals surface area contributed by atoms with E-state index < -0.39 is 0 Å². The zero-order chi connectivity index (χ0) is 13.7. The molecule has 0 bridgehead atoms. The molecule has 1 heterocycles. The molecule has 0 aliphatic rings. The molecule has 2 aromatic rings. The summed E-state index contributed by atoms with van der Waals surface area (Å²) in [5, 5.41) is 4.36. The Morgan fingerprint density at radius 2 is 2.11 bits per heavy atom. The highest BCUT2D eigenvalue weighted by atomic mass is 16.5. The van der Waals surface area contributed by atoms with Crippen molar-refractivity contribution in [3.63, 3.8) is 0 Å². The number of anilines is 1. The summed E-state index contributed by atoms with van der Waals surface area (Å²) in [6.07, 6.45) is 0. The second-order valence-corrected chi connectivity index (χ2v) is 4.67. The van der Waals surface area contributed by atoms with Crippen molar-refractivity contribution in [3.05, 3.63) is 35.9 Å². The lowest BCUT2D eigenvalue weighted by Gasteiger charge is -2.18. The SMILES string of the molecule is CNc1nc2ccccc2cc1CN(C)CCOC. The maximum Gasteiger partial charge on any atom is 0.130 e. The Bertz CT molecular complexity index is 542. The molecule has 4 heteroatoms. The minimum absolute atomic E-state index is 0.742. The van der Waals surface area contributed by atoms with Gasteiger partial charge < -0.3 is 10.1 Å². The average Bonchev–Trinajstić information content (AvgIpc) is 2.44. The molecular weight excluding hydrogens is 238 g/mol. The van der Waals surface area contributed by atoms with Gasteiger partial charge in [0.1, 0.15) is 5.82 Å². The van der Waals surface area contributed by atoms with Gasteiger partial charge in [0.2, 0.25) is 0 Å². The number of hydrogen-bond donors (Lipinski definition) is 1. The van der Waals surface area contributed by atoms with Gasteiger partial charge in [0, 0.05) is 38.2 Å². The second-order valence-electron chi connectivity index (χ2n) is 4.67. The van der Waals surface area contributed by atoms with E-state index in [2.05, 4.69) is 34.4 Å². The van der Waals surface area contributed by atoms with Crippen molar-refractivity contribution in [2.45, 2.75) is 6.54 Å². The first-order valence-electron chi connectivity index (χ1n) is 6.48. The van der Waals surface area contributed by atoms with Gasteiger partial charge in [-0.2, -0.15) is 0 Å². The Labute approximate surface area is 114 Å². The first-order valence-corrected chi connectivity index (χ1v) is 6.48. The number of benzene rings is 1. The minimum Gasteiger partial charge on any atom is -0.383 e. The van der Waals surface area contributed by atoms with Gasteiger partial charge in [-0.3, -0.25) is 4.90 Å². The number of rotatable bonds is 6. The van der Waals surface area contributed by atoms with Crippen LogP contribution >= 0.6 is 0 Å². The summed E-state index contributed by atoms with van der Waals surface area (Å²) in [7, 11) is 5.73. The largest absolute Gasteiger partial charge is 0.383 e. The highest BCUT2D eigenvalue weighted by Gasteiger charge is 2.08. The Morgan fingerprint density at radius 3 is 2.84 bits per heavy atom. The minimum atomic E-state index is 0.742. The molecule has 0 aliphatic carbocycles. The third kappa shape index (κ3) is 3.43. The number of methoxy groups -OCH3 is 1. The second kappa shape index (κ2) is 6.50. The fourth-order valence-corrected chi connectivity index (χ4v) is 2.11. The first kappa shape index (κ1) is 13.8. The monoisotopic (exact) mass is 259 g/mol. The molecule has 4 nitrogen and oxygen atoms in total. The molecule has 0 unspecified atom stereocenters. The molecule has 1 aromatic heterocycles. The fourth-order valence-electron chi connectivity index (χ4n) is 2.11. The van der Waals surface area contributed by atoms with Gasteiger partial charge in [-0.1, -0.05) is 18.2 Å². The van der Waals surface area contributed by atoms with Crippen LogP contribution in [0.25, 0.3) is 10.9 Å². The fraction of sp³-hybridized carbons (Fsp3) is 0.400. The van der Waals surface area contributed by atoms with Gasteiger partial charge >= 0.3 is 0 Å². The van der Waals surface area contributed by atoms with Crippen LogP contribution in [0.15, 0.2) is 30.3 Å². The van der Waals surface area contributed by atoms with Crippen molar-refractivity contribution in [1.82, 2.24) is 9.88 Å². The molecule has 1 aromatic carbocycles. The number of likely N-dealkylation sites (N-methyl/N-ethyl adjacent to an activating group) is 1. The molecular formula is C15H21N3O. The van der Waals surface area contributed by atoms with E-state index in [9.17, 15) is 0 Å². The van der Waals surface area contributed by atoms with Gasteiger partial charge in [-0.25, -0.2) is 4.98 Å². The lowest BCUT2D eigenvalue weighted by molar-refractivity contribution is 0.158. The van der Waals surface area contributed by atoms with Crippen LogP contribution in [0.5, 0.6) is 0 Å². The van der Waals surface area contributed by atoms with Crippen LogP contribution < -0.4 is 5.32 Å². The van der Waals surface area contributed by atoms with Crippen LogP contribution in [0, 0.1) is 0 Å². The van der Waals surface area contributed by atoms with Gasteiger partial charge in [0.05, 0.1) is 12.1 Å². The molecule has 0 amide bonds. The normalized spacial score (nSPS) is 11.2. The number of hydrogen-bond acceptors (Lipinski definition) is 4. The topological polar surface area (TPSA) is 37.4 Å². The van der Waals surface area contributed by atoms with Crippen LogP contribution in [-0.2, 0) is 11.3 Å². The van der Waals surface area contributed by atoms with Crippen LogP contribution in [0.3, 0.4) is 0 Å². The number of fused-ring (bicyclic) bond motifs is 1. The predicted molar refractivity (Wildman–Crippen MR) is 79.5 cm³/mol. The van der Waals surface area contributed by atoms with E-state index in [4.69, 9.17) is 4.74 Å². The maximum atomic E-state index is 5.10. The maximum absolute atomic E-state index is 5.10. The molecule has 102 valence electrons. The third-order valence-corrected chi connectivity index (χ3v) is 3.16. The van der Waals surface area contributed by atoms with Crippen molar-refractivity contribution in [3.8, 4) is 0 Å². The van der Waals surface area contributed by atoms with Gasteiger partial charge in [0.15, 0.2) is 0 Å².